The van der Waals surface area contributed by atoms with E-state index < -0.39 is 48.0 Å². The predicted molar refractivity (Wildman–Crippen MR) is 60.2 cm³/mol. The van der Waals surface area contributed by atoms with Crippen molar-refractivity contribution in [3.05, 3.63) is 0 Å². The Hall–Kier alpha value is -0.0500. The Balaban J connectivity index is 0. The standard InChI is InChI=1S/C4H2Cl2F6O.C4H3ClF6O/c5-2(6)13-1(3(7,8)9)4(10,11)12;5-1-12-2(3(6,7)8)4(9,10)11/h1-2H;2H,1H2. The van der Waals surface area contributed by atoms with Crippen LogP contribution in [0.3, 0.4) is 0 Å². The summed E-state index contributed by atoms with van der Waals surface area (Å²) in [7, 11) is 0. The molecular formula is C8H5Cl3F12O2. The van der Waals surface area contributed by atoms with Gasteiger partial charge < -0.3 is 9.47 Å². The van der Waals surface area contributed by atoms with Gasteiger partial charge in [-0.2, -0.15) is 52.7 Å². The van der Waals surface area contributed by atoms with E-state index in [4.69, 9.17) is 0 Å². The third-order valence-corrected chi connectivity index (χ3v) is 1.99. The first kappa shape index (κ1) is 27.2. The minimum absolute atomic E-state index is 1.16. The highest BCUT2D eigenvalue weighted by atomic mass is 35.5. The molecule has 2 nitrogen and oxygen atoms in total. The maximum absolute atomic E-state index is 11.6. The Morgan fingerprint density at radius 1 is 0.600 bits per heavy atom. The van der Waals surface area contributed by atoms with Gasteiger partial charge in [0.1, 0.15) is 6.07 Å². The van der Waals surface area contributed by atoms with Gasteiger partial charge in [0, 0.05) is 0 Å². The van der Waals surface area contributed by atoms with E-state index in [1.807, 2.05) is 0 Å². The summed E-state index contributed by atoms with van der Waals surface area (Å²) in [5.74, 6) is 0. The van der Waals surface area contributed by atoms with Crippen LogP contribution in [0.5, 0.6) is 0 Å². The van der Waals surface area contributed by atoms with Gasteiger partial charge in [-0.3, -0.25) is 0 Å². The van der Waals surface area contributed by atoms with E-state index in [0.717, 1.165) is 0 Å². The van der Waals surface area contributed by atoms with Crippen LogP contribution in [-0.2, 0) is 9.47 Å². The Labute approximate surface area is 145 Å². The zero-order valence-corrected chi connectivity index (χ0v) is 13.2. The number of rotatable bonds is 4. The second kappa shape index (κ2) is 9.76. The Morgan fingerprint density at radius 3 is 0.960 bits per heavy atom. The van der Waals surface area contributed by atoms with E-state index in [2.05, 4.69) is 44.3 Å². The average Bonchev–Trinajstić information content (AvgIpc) is 2.28. The van der Waals surface area contributed by atoms with Crippen LogP contribution >= 0.6 is 34.8 Å². The normalized spacial score (nSPS) is 14.2. The van der Waals surface area contributed by atoms with Gasteiger partial charge >= 0.3 is 24.7 Å². The summed E-state index contributed by atoms with van der Waals surface area (Å²) in [6, 6.07) is -1.16. The molecule has 25 heavy (non-hydrogen) atoms. The first-order valence-electron chi connectivity index (χ1n) is 5.12. The summed E-state index contributed by atoms with van der Waals surface area (Å²) < 4.78 is 145. The molecule has 0 aliphatic carbocycles. The van der Waals surface area contributed by atoms with Crippen LogP contribution in [0.1, 0.15) is 0 Å². The van der Waals surface area contributed by atoms with E-state index in [0.29, 0.717) is 0 Å². The lowest BCUT2D eigenvalue weighted by Crippen LogP contribution is -2.45. The second-order valence-electron chi connectivity index (χ2n) is 3.60. The van der Waals surface area contributed by atoms with Gasteiger partial charge in [-0.1, -0.05) is 34.8 Å². The van der Waals surface area contributed by atoms with Gasteiger partial charge in [-0.05, 0) is 0 Å². The highest BCUT2D eigenvalue weighted by Gasteiger charge is 2.59. The molecule has 0 heterocycles. The third-order valence-electron chi connectivity index (χ3n) is 1.66. The highest BCUT2D eigenvalue weighted by Crippen LogP contribution is 2.37. The fourth-order valence-electron chi connectivity index (χ4n) is 0.880. The Bertz CT molecular complexity index is 347. The quantitative estimate of drug-likeness (QED) is 0.376. The fraction of sp³-hybridized carbons (Fsp3) is 1.00. The maximum atomic E-state index is 11.6. The second-order valence-corrected chi connectivity index (χ2v) is 4.83. The molecule has 0 aromatic rings. The molecule has 0 rings (SSSR count). The van der Waals surface area contributed by atoms with Gasteiger partial charge in [-0.25, -0.2) is 0 Å². The Morgan fingerprint density at radius 2 is 0.880 bits per heavy atom. The molecule has 0 aliphatic rings. The van der Waals surface area contributed by atoms with Crippen molar-refractivity contribution < 1.29 is 62.2 Å². The van der Waals surface area contributed by atoms with Crippen molar-refractivity contribution >= 4 is 34.8 Å². The molecule has 154 valence electrons. The van der Waals surface area contributed by atoms with Gasteiger partial charge in [-0.15, -0.1) is 0 Å². The molecule has 0 aromatic carbocycles. The zero-order chi connectivity index (χ0) is 20.9. The van der Waals surface area contributed by atoms with Crippen molar-refractivity contribution in [3.63, 3.8) is 0 Å². The van der Waals surface area contributed by atoms with Crippen molar-refractivity contribution in [2.75, 3.05) is 6.07 Å². The minimum Gasteiger partial charge on any atom is -0.345 e. The van der Waals surface area contributed by atoms with Crippen molar-refractivity contribution in [3.8, 4) is 0 Å². The van der Waals surface area contributed by atoms with Crippen molar-refractivity contribution in [1.82, 2.24) is 0 Å². The first-order chi connectivity index (χ1) is 10.7. The van der Waals surface area contributed by atoms with Crippen molar-refractivity contribution in [1.29, 1.82) is 0 Å². The number of alkyl halides is 15. The molecular weight excluding hydrogens is 462 g/mol. The molecule has 0 fully saturated rings. The van der Waals surface area contributed by atoms with Crippen LogP contribution in [0, 0.1) is 0 Å². The zero-order valence-electron chi connectivity index (χ0n) is 10.9. The smallest absolute Gasteiger partial charge is 0.345 e. The monoisotopic (exact) mass is 466 g/mol. The topological polar surface area (TPSA) is 18.5 Å². The fourth-order valence-corrected chi connectivity index (χ4v) is 1.21. The summed E-state index contributed by atoms with van der Waals surface area (Å²) in [5.41, 5.74) is 0. The van der Waals surface area contributed by atoms with E-state index in [1.165, 1.54) is 0 Å². The summed E-state index contributed by atoms with van der Waals surface area (Å²) >= 11 is 13.8. The summed E-state index contributed by atoms with van der Waals surface area (Å²) in [4.78, 5) is 0. The van der Waals surface area contributed by atoms with Crippen molar-refractivity contribution in [2.45, 2.75) is 41.9 Å². The van der Waals surface area contributed by atoms with E-state index >= 15 is 0 Å². The maximum Gasteiger partial charge on any atom is 0.423 e. The van der Waals surface area contributed by atoms with Gasteiger partial charge in [0.2, 0.25) is 5.02 Å². The van der Waals surface area contributed by atoms with Gasteiger partial charge in [0.15, 0.2) is 0 Å². The molecule has 0 aliphatic heterocycles. The number of hydrogen-bond donors (Lipinski definition) is 0. The van der Waals surface area contributed by atoms with Crippen LogP contribution in [0.25, 0.3) is 0 Å². The van der Waals surface area contributed by atoms with E-state index in [1.54, 1.807) is 0 Å². The summed E-state index contributed by atoms with van der Waals surface area (Å²) in [5, 5.41) is -2.19. The SMILES string of the molecule is FC(F)(F)C(OC(Cl)Cl)C(F)(F)F.FC(F)(F)C(OCCl)C(F)(F)F. The molecule has 0 N–H and O–H groups in total. The number of halogens is 15. The third kappa shape index (κ3) is 12.0. The van der Waals surface area contributed by atoms with E-state index in [9.17, 15) is 52.7 Å². The molecule has 0 amide bonds. The predicted octanol–water partition coefficient (Wildman–Crippen LogP) is 5.95. The molecule has 0 radical (unpaired) electrons. The van der Waals surface area contributed by atoms with Gasteiger partial charge in [0.05, 0.1) is 0 Å². The highest BCUT2D eigenvalue weighted by molar-refractivity contribution is 6.43. The molecule has 0 saturated carbocycles. The largest absolute Gasteiger partial charge is 0.423 e. The molecule has 0 bridgehead atoms. The molecule has 17 heteroatoms. The number of ether oxygens (including phenoxy) is 2. The van der Waals surface area contributed by atoms with Crippen molar-refractivity contribution in [2.24, 2.45) is 0 Å². The van der Waals surface area contributed by atoms with Gasteiger partial charge in [0.25, 0.3) is 12.2 Å². The Kier molecular flexibility index (Phi) is 10.6. The molecule has 0 unspecified atom stereocenters. The van der Waals surface area contributed by atoms with E-state index in [-0.39, 0.29) is 0 Å². The first-order valence-corrected chi connectivity index (χ1v) is 6.53. The molecule has 0 aromatic heterocycles. The molecule has 0 atom stereocenters. The number of hydrogen-bond acceptors (Lipinski definition) is 2. The average molecular weight is 467 g/mol. The van der Waals surface area contributed by atoms with Crippen LogP contribution in [0.2, 0.25) is 0 Å². The van der Waals surface area contributed by atoms with Crippen LogP contribution < -0.4 is 0 Å². The summed E-state index contributed by atoms with van der Waals surface area (Å²) in [6.45, 7) is 0. The van der Waals surface area contributed by atoms with Crippen LogP contribution in [0.4, 0.5) is 52.7 Å². The molecule has 0 saturated heterocycles. The van der Waals surface area contributed by atoms with Crippen LogP contribution in [-0.4, -0.2) is 48.0 Å². The minimum atomic E-state index is -5.58. The lowest BCUT2D eigenvalue weighted by atomic mass is 10.3. The van der Waals surface area contributed by atoms with Crippen LogP contribution in [0.15, 0.2) is 0 Å². The molecule has 0 spiro atoms. The summed E-state index contributed by atoms with van der Waals surface area (Å²) in [6.07, 6.45) is -29.9. The lowest BCUT2D eigenvalue weighted by molar-refractivity contribution is -0.321. The lowest BCUT2D eigenvalue weighted by Gasteiger charge is -2.23.